The summed E-state index contributed by atoms with van der Waals surface area (Å²) >= 11 is 16.7. The molecule has 1 aliphatic rings. The van der Waals surface area contributed by atoms with Crippen LogP contribution in [0, 0.1) is 0 Å². The highest BCUT2D eigenvalue weighted by Gasteiger charge is 2.52. The Morgan fingerprint density at radius 3 is 2.33 bits per heavy atom. The Kier molecular flexibility index (Phi) is 3.15. The number of rotatable bonds is 2. The lowest BCUT2D eigenvalue weighted by atomic mass is 10.1. The van der Waals surface area contributed by atoms with E-state index in [4.69, 9.17) is 39.5 Å². The molecule has 0 bridgehead atoms. The molecule has 1 aromatic rings. The first-order valence-corrected chi connectivity index (χ1v) is 5.59. The van der Waals surface area contributed by atoms with Gasteiger partial charge in [-0.15, -0.1) is 0 Å². The Labute approximate surface area is 103 Å². The predicted molar refractivity (Wildman–Crippen MR) is 60.4 cm³/mol. The molecule has 0 unspecified atom stereocenters. The fraction of sp³-hybridized carbons (Fsp3) is 0.400. The van der Waals surface area contributed by atoms with E-state index in [0.717, 1.165) is 5.56 Å². The molecule has 15 heavy (non-hydrogen) atoms. The molecule has 0 aromatic heterocycles. The Balaban J connectivity index is 2.03. The van der Waals surface area contributed by atoms with Crippen molar-refractivity contribution >= 4 is 34.8 Å². The summed E-state index contributed by atoms with van der Waals surface area (Å²) in [4.78, 5) is 0. The number of ether oxygens (including phenoxy) is 1. The second-order valence-electron chi connectivity index (χ2n) is 3.42. The van der Waals surface area contributed by atoms with Gasteiger partial charge >= 0.3 is 0 Å². The summed E-state index contributed by atoms with van der Waals surface area (Å²) in [5.41, 5.74) is 0.982. The molecule has 1 heterocycles. The van der Waals surface area contributed by atoms with Gasteiger partial charge in [-0.05, 0) is 5.56 Å². The number of epoxide rings is 1. The van der Waals surface area contributed by atoms with Crippen LogP contribution in [0.1, 0.15) is 11.7 Å². The highest BCUT2D eigenvalue weighted by molar-refractivity contribution is 6.68. The van der Waals surface area contributed by atoms with Gasteiger partial charge in [0.2, 0.25) is 3.79 Å². The van der Waals surface area contributed by atoms with E-state index in [1.54, 1.807) is 0 Å². The number of alkyl halides is 3. The van der Waals surface area contributed by atoms with Gasteiger partial charge in [0, 0.05) is 0 Å². The van der Waals surface area contributed by atoms with E-state index < -0.39 is 16.0 Å². The van der Waals surface area contributed by atoms with E-state index in [1.165, 1.54) is 0 Å². The molecule has 5 heteroatoms. The van der Waals surface area contributed by atoms with Crippen LogP contribution in [0.15, 0.2) is 30.3 Å². The van der Waals surface area contributed by atoms with E-state index in [1.807, 2.05) is 30.3 Å². The molecule has 0 spiro atoms. The van der Waals surface area contributed by atoms with Gasteiger partial charge in [-0.2, -0.15) is 0 Å². The van der Waals surface area contributed by atoms with Gasteiger partial charge in [0.25, 0.3) is 0 Å². The molecule has 2 rings (SSSR count). The fourth-order valence-electron chi connectivity index (χ4n) is 1.46. The molecule has 0 amide bonds. The smallest absolute Gasteiger partial charge is 0.218 e. The lowest BCUT2D eigenvalue weighted by Gasteiger charge is -2.16. The highest BCUT2D eigenvalue weighted by Crippen LogP contribution is 2.46. The zero-order chi connectivity index (χ0) is 11.1. The quantitative estimate of drug-likeness (QED) is 0.660. The summed E-state index contributed by atoms with van der Waals surface area (Å²) in [6.07, 6.45) is -1.70. The van der Waals surface area contributed by atoms with Crippen LogP contribution >= 0.6 is 34.8 Å². The average molecular weight is 268 g/mol. The Morgan fingerprint density at radius 1 is 1.20 bits per heavy atom. The van der Waals surface area contributed by atoms with Crippen LogP contribution in [0.25, 0.3) is 0 Å². The second kappa shape index (κ2) is 4.11. The Morgan fingerprint density at radius 2 is 1.80 bits per heavy atom. The molecule has 2 nitrogen and oxygen atoms in total. The fourth-order valence-corrected chi connectivity index (χ4v) is 1.83. The van der Waals surface area contributed by atoms with E-state index in [0.29, 0.717) is 0 Å². The predicted octanol–water partition coefficient (Wildman–Crippen LogP) is 2.86. The monoisotopic (exact) mass is 266 g/mol. The second-order valence-corrected chi connectivity index (χ2v) is 5.79. The molecule has 82 valence electrons. The zero-order valence-corrected chi connectivity index (χ0v) is 9.88. The number of hydrogen-bond acceptors (Lipinski definition) is 2. The third-order valence-corrected chi connectivity index (χ3v) is 2.97. The van der Waals surface area contributed by atoms with Gasteiger partial charge in [0.1, 0.15) is 18.3 Å². The van der Waals surface area contributed by atoms with Crippen molar-refractivity contribution in [3.05, 3.63) is 35.9 Å². The number of aliphatic hydroxyl groups is 1. The molecule has 0 aliphatic carbocycles. The minimum atomic E-state index is -1.70. The first kappa shape index (κ1) is 11.5. The SMILES string of the molecule is O[C@H]([C@@H]1O[C@H]1c1ccccc1)C(Cl)(Cl)Cl. The molecular weight excluding hydrogens is 258 g/mol. The van der Waals surface area contributed by atoms with Crippen LogP contribution in [0.4, 0.5) is 0 Å². The van der Waals surface area contributed by atoms with Crippen molar-refractivity contribution in [1.82, 2.24) is 0 Å². The van der Waals surface area contributed by atoms with E-state index in [9.17, 15) is 5.11 Å². The van der Waals surface area contributed by atoms with Gasteiger partial charge in [-0.25, -0.2) is 0 Å². The normalized spacial score (nSPS) is 27.5. The third kappa shape index (κ3) is 2.58. The van der Waals surface area contributed by atoms with E-state index in [-0.39, 0.29) is 6.10 Å². The molecule has 1 N–H and O–H groups in total. The molecule has 3 atom stereocenters. The maximum absolute atomic E-state index is 9.64. The van der Waals surface area contributed by atoms with Crippen molar-refractivity contribution in [2.75, 3.05) is 0 Å². The molecular formula is C10H9Cl3O2. The zero-order valence-electron chi connectivity index (χ0n) is 7.61. The maximum atomic E-state index is 9.64. The van der Waals surface area contributed by atoms with Crippen molar-refractivity contribution in [2.45, 2.75) is 22.1 Å². The number of aliphatic hydroxyl groups excluding tert-OH is 1. The van der Waals surface area contributed by atoms with Crippen molar-refractivity contribution in [3.8, 4) is 0 Å². The summed E-state index contributed by atoms with van der Waals surface area (Å²) in [7, 11) is 0. The van der Waals surface area contributed by atoms with Gasteiger partial charge in [-0.1, -0.05) is 65.1 Å². The minimum Gasteiger partial charge on any atom is -0.386 e. The first-order chi connectivity index (χ1) is 7.00. The largest absolute Gasteiger partial charge is 0.386 e. The third-order valence-electron chi connectivity index (χ3n) is 2.30. The van der Waals surface area contributed by atoms with Gasteiger partial charge in [-0.3, -0.25) is 0 Å². The molecule has 1 aliphatic heterocycles. The van der Waals surface area contributed by atoms with E-state index in [2.05, 4.69) is 0 Å². The van der Waals surface area contributed by atoms with Crippen molar-refractivity contribution in [1.29, 1.82) is 0 Å². The van der Waals surface area contributed by atoms with Crippen LogP contribution in [0.5, 0.6) is 0 Å². The van der Waals surface area contributed by atoms with Crippen molar-refractivity contribution in [3.63, 3.8) is 0 Å². The van der Waals surface area contributed by atoms with Gasteiger partial charge in [0.15, 0.2) is 0 Å². The maximum Gasteiger partial charge on any atom is 0.218 e. The molecule has 0 radical (unpaired) electrons. The number of hydrogen-bond donors (Lipinski definition) is 1. The molecule has 1 fully saturated rings. The molecule has 1 aromatic carbocycles. The number of halogens is 3. The first-order valence-electron chi connectivity index (χ1n) is 4.45. The highest BCUT2D eigenvalue weighted by atomic mass is 35.6. The van der Waals surface area contributed by atoms with E-state index >= 15 is 0 Å². The molecule has 0 saturated carbocycles. The van der Waals surface area contributed by atoms with Crippen LogP contribution in [0.3, 0.4) is 0 Å². The van der Waals surface area contributed by atoms with Gasteiger partial charge in [0.05, 0.1) is 0 Å². The lowest BCUT2D eigenvalue weighted by Crippen LogP contribution is -2.30. The summed E-state index contributed by atoms with van der Waals surface area (Å²) in [6.45, 7) is 0. The Hall–Kier alpha value is 0.01000. The van der Waals surface area contributed by atoms with Crippen LogP contribution < -0.4 is 0 Å². The number of benzene rings is 1. The Bertz CT molecular complexity index is 336. The van der Waals surface area contributed by atoms with Crippen LogP contribution in [-0.4, -0.2) is 21.1 Å². The topological polar surface area (TPSA) is 32.8 Å². The van der Waals surface area contributed by atoms with Crippen molar-refractivity contribution in [2.24, 2.45) is 0 Å². The van der Waals surface area contributed by atoms with Crippen LogP contribution in [-0.2, 0) is 4.74 Å². The minimum absolute atomic E-state index is 0.170. The van der Waals surface area contributed by atoms with Gasteiger partial charge < -0.3 is 9.84 Å². The summed E-state index contributed by atoms with van der Waals surface area (Å²) < 4.78 is 3.59. The summed E-state index contributed by atoms with van der Waals surface area (Å²) in [6, 6.07) is 9.53. The average Bonchev–Trinajstić information content (AvgIpc) is 2.96. The standard InChI is InChI=1S/C10H9Cl3O2/c11-10(12,13)9(14)8-7(15-8)6-4-2-1-3-5-6/h1-5,7-9,14H/t7-,8+,9+/m0/s1. The van der Waals surface area contributed by atoms with Crippen molar-refractivity contribution < 1.29 is 9.84 Å². The summed E-state index contributed by atoms with van der Waals surface area (Å²) in [5.74, 6) is 0. The van der Waals surface area contributed by atoms with Crippen LogP contribution in [0.2, 0.25) is 0 Å². The molecule has 1 saturated heterocycles. The lowest BCUT2D eigenvalue weighted by molar-refractivity contribution is 0.138. The summed E-state index contributed by atoms with van der Waals surface area (Å²) in [5, 5.41) is 9.64.